The lowest BCUT2D eigenvalue weighted by molar-refractivity contribution is -0.137. The molecule has 28 heavy (non-hydrogen) atoms. The van der Waals surface area contributed by atoms with Crippen LogP contribution in [0.2, 0.25) is 0 Å². The molecule has 3 rings (SSSR count). The normalized spacial score (nSPS) is 11.6. The van der Waals surface area contributed by atoms with Crippen LogP contribution in [-0.4, -0.2) is 15.5 Å². The van der Waals surface area contributed by atoms with Crippen molar-refractivity contribution in [2.24, 2.45) is 0 Å². The maximum Gasteiger partial charge on any atom is 0.416 e. The predicted molar refractivity (Wildman–Crippen MR) is 103 cm³/mol. The van der Waals surface area contributed by atoms with Crippen LogP contribution < -0.4 is 5.32 Å². The Labute approximate surface area is 165 Å². The number of hydrogen-bond donors (Lipinski definition) is 1. The van der Waals surface area contributed by atoms with Crippen molar-refractivity contribution in [2.75, 3.05) is 0 Å². The topological polar surface area (TPSA) is 46.9 Å². The van der Waals surface area contributed by atoms with E-state index in [1.807, 2.05) is 36.8 Å². The number of benzene rings is 1. The monoisotopic (exact) mass is 407 g/mol. The quantitative estimate of drug-likeness (QED) is 0.656. The van der Waals surface area contributed by atoms with E-state index in [0.717, 1.165) is 39.8 Å². The SMILES string of the molecule is Cc1nc(-c2cc(C)n(CC(=O)NCc3cccc(C(F)(F)F)c3)c2C)cs1. The molecule has 0 bridgehead atoms. The number of aryl methyl sites for hydroxylation is 2. The molecule has 8 heteroatoms. The molecule has 0 aliphatic heterocycles. The number of carbonyl (C=O) groups is 1. The first-order chi connectivity index (χ1) is 13.1. The van der Waals surface area contributed by atoms with Crippen LogP contribution >= 0.6 is 11.3 Å². The third-order valence-electron chi connectivity index (χ3n) is 4.51. The minimum absolute atomic E-state index is 0.0419. The van der Waals surface area contributed by atoms with E-state index >= 15 is 0 Å². The summed E-state index contributed by atoms with van der Waals surface area (Å²) in [6, 6.07) is 6.95. The smallest absolute Gasteiger partial charge is 0.350 e. The Morgan fingerprint density at radius 3 is 2.61 bits per heavy atom. The van der Waals surface area contributed by atoms with Gasteiger partial charge in [0.25, 0.3) is 0 Å². The first-order valence-corrected chi connectivity index (χ1v) is 9.55. The third-order valence-corrected chi connectivity index (χ3v) is 5.29. The fourth-order valence-corrected chi connectivity index (χ4v) is 3.66. The zero-order valence-electron chi connectivity index (χ0n) is 15.7. The first kappa shape index (κ1) is 20.1. The second-order valence-electron chi connectivity index (χ2n) is 6.60. The molecule has 2 aromatic heterocycles. The molecular formula is C20H20F3N3OS. The van der Waals surface area contributed by atoms with Gasteiger partial charge in [-0.3, -0.25) is 4.79 Å². The Kier molecular flexibility index (Phi) is 5.60. The first-order valence-electron chi connectivity index (χ1n) is 8.67. The number of rotatable bonds is 5. The van der Waals surface area contributed by atoms with Gasteiger partial charge >= 0.3 is 6.18 Å². The summed E-state index contributed by atoms with van der Waals surface area (Å²) in [6.45, 7) is 5.92. The summed E-state index contributed by atoms with van der Waals surface area (Å²) in [5.74, 6) is -0.264. The summed E-state index contributed by atoms with van der Waals surface area (Å²) in [5, 5.41) is 5.65. The highest BCUT2D eigenvalue weighted by Crippen LogP contribution is 2.30. The Balaban J connectivity index is 1.68. The van der Waals surface area contributed by atoms with Gasteiger partial charge in [-0.2, -0.15) is 13.2 Å². The Hall–Kier alpha value is -2.61. The van der Waals surface area contributed by atoms with Crippen LogP contribution in [0, 0.1) is 20.8 Å². The van der Waals surface area contributed by atoms with Crippen molar-refractivity contribution >= 4 is 17.2 Å². The lowest BCUT2D eigenvalue weighted by Gasteiger charge is -2.12. The number of carbonyl (C=O) groups excluding carboxylic acids is 1. The zero-order valence-corrected chi connectivity index (χ0v) is 16.5. The highest BCUT2D eigenvalue weighted by Gasteiger charge is 2.30. The molecule has 0 aliphatic rings. The van der Waals surface area contributed by atoms with Crippen LogP contribution in [0.4, 0.5) is 13.2 Å². The molecule has 0 atom stereocenters. The second kappa shape index (κ2) is 7.79. The number of nitrogens with one attached hydrogen (secondary N) is 1. The molecule has 0 spiro atoms. The van der Waals surface area contributed by atoms with E-state index in [0.29, 0.717) is 5.56 Å². The van der Waals surface area contributed by atoms with Crippen molar-refractivity contribution in [3.05, 3.63) is 63.2 Å². The molecule has 1 N–H and O–H groups in total. The summed E-state index contributed by atoms with van der Waals surface area (Å²) < 4.78 is 40.3. The van der Waals surface area contributed by atoms with Gasteiger partial charge in [-0.1, -0.05) is 12.1 Å². The largest absolute Gasteiger partial charge is 0.416 e. The molecule has 0 radical (unpaired) electrons. The number of thiazole rings is 1. The number of amides is 1. The molecule has 4 nitrogen and oxygen atoms in total. The van der Waals surface area contributed by atoms with Crippen molar-refractivity contribution in [2.45, 2.75) is 40.0 Å². The van der Waals surface area contributed by atoms with E-state index in [1.54, 1.807) is 17.4 Å². The summed E-state index contributed by atoms with van der Waals surface area (Å²) in [4.78, 5) is 16.8. The zero-order chi connectivity index (χ0) is 20.5. The summed E-state index contributed by atoms with van der Waals surface area (Å²) in [5.41, 5.74) is 3.39. The molecule has 3 aromatic rings. The molecule has 2 heterocycles. The van der Waals surface area contributed by atoms with Crippen LogP contribution in [0.1, 0.15) is 27.5 Å². The van der Waals surface area contributed by atoms with Gasteiger partial charge in [-0.05, 0) is 44.5 Å². The number of hydrogen-bond acceptors (Lipinski definition) is 3. The van der Waals surface area contributed by atoms with Gasteiger partial charge in [-0.25, -0.2) is 4.98 Å². The van der Waals surface area contributed by atoms with E-state index in [9.17, 15) is 18.0 Å². The van der Waals surface area contributed by atoms with Gasteiger partial charge in [0.15, 0.2) is 0 Å². The molecule has 0 aliphatic carbocycles. The molecule has 1 amide bonds. The fraction of sp³-hybridized carbons (Fsp3) is 0.300. The van der Waals surface area contributed by atoms with Gasteiger partial charge < -0.3 is 9.88 Å². The molecule has 0 saturated heterocycles. The molecule has 148 valence electrons. The highest BCUT2D eigenvalue weighted by molar-refractivity contribution is 7.09. The van der Waals surface area contributed by atoms with E-state index in [-0.39, 0.29) is 19.0 Å². The minimum atomic E-state index is -4.40. The minimum Gasteiger partial charge on any atom is -0.350 e. The molecular weight excluding hydrogens is 387 g/mol. The van der Waals surface area contributed by atoms with Crippen molar-refractivity contribution in [1.82, 2.24) is 14.9 Å². The summed E-state index contributed by atoms with van der Waals surface area (Å²) in [7, 11) is 0. The number of nitrogens with zero attached hydrogens (tertiary/aromatic N) is 2. The van der Waals surface area contributed by atoms with E-state index in [2.05, 4.69) is 10.3 Å². The van der Waals surface area contributed by atoms with Crippen LogP contribution in [0.25, 0.3) is 11.3 Å². The van der Waals surface area contributed by atoms with Crippen LogP contribution in [-0.2, 0) is 24.1 Å². The van der Waals surface area contributed by atoms with Crippen LogP contribution in [0.5, 0.6) is 0 Å². The Bertz CT molecular complexity index is 1000. The number of alkyl halides is 3. The lowest BCUT2D eigenvalue weighted by Crippen LogP contribution is -2.28. The van der Waals surface area contributed by atoms with E-state index < -0.39 is 11.7 Å². The van der Waals surface area contributed by atoms with Crippen LogP contribution in [0.15, 0.2) is 35.7 Å². The third kappa shape index (κ3) is 4.44. The average Bonchev–Trinajstić information content (AvgIpc) is 3.18. The average molecular weight is 407 g/mol. The van der Waals surface area contributed by atoms with Gasteiger partial charge in [0.1, 0.15) is 6.54 Å². The van der Waals surface area contributed by atoms with E-state index in [1.165, 1.54) is 6.07 Å². The molecule has 1 aromatic carbocycles. The lowest BCUT2D eigenvalue weighted by atomic mass is 10.1. The summed E-state index contributed by atoms with van der Waals surface area (Å²) in [6.07, 6.45) is -4.40. The number of aromatic nitrogens is 2. The van der Waals surface area contributed by atoms with Gasteiger partial charge in [-0.15, -0.1) is 11.3 Å². The highest BCUT2D eigenvalue weighted by atomic mass is 32.1. The molecule has 0 saturated carbocycles. The van der Waals surface area contributed by atoms with Gasteiger partial charge in [0, 0.05) is 28.9 Å². The van der Waals surface area contributed by atoms with Gasteiger partial charge in [0.2, 0.25) is 5.91 Å². The molecule has 0 unspecified atom stereocenters. The maximum absolute atomic E-state index is 12.8. The Morgan fingerprint density at radius 1 is 1.21 bits per heavy atom. The molecule has 0 fully saturated rings. The second-order valence-corrected chi connectivity index (χ2v) is 7.66. The van der Waals surface area contributed by atoms with Crippen molar-refractivity contribution in [1.29, 1.82) is 0 Å². The fourth-order valence-electron chi connectivity index (χ4n) is 3.05. The maximum atomic E-state index is 12.8. The predicted octanol–water partition coefficient (Wildman–Crippen LogP) is 4.87. The number of halogens is 3. The summed E-state index contributed by atoms with van der Waals surface area (Å²) >= 11 is 1.57. The van der Waals surface area contributed by atoms with Crippen LogP contribution in [0.3, 0.4) is 0 Å². The Morgan fingerprint density at radius 2 is 1.96 bits per heavy atom. The van der Waals surface area contributed by atoms with E-state index in [4.69, 9.17) is 0 Å². The van der Waals surface area contributed by atoms with Crippen molar-refractivity contribution in [3.63, 3.8) is 0 Å². The van der Waals surface area contributed by atoms with Crippen molar-refractivity contribution in [3.8, 4) is 11.3 Å². The van der Waals surface area contributed by atoms with Crippen molar-refractivity contribution < 1.29 is 18.0 Å². The van der Waals surface area contributed by atoms with Gasteiger partial charge in [0.05, 0.1) is 16.3 Å². The standard InChI is InChI=1S/C20H20F3N3OS/c1-12-7-17(18-11-28-14(3)25-18)13(2)26(12)10-19(27)24-9-15-5-4-6-16(8-15)20(21,22)23/h4-8,11H,9-10H2,1-3H3,(H,24,27).